The molecule has 0 aliphatic carbocycles. The van der Waals surface area contributed by atoms with Gasteiger partial charge in [-0.3, -0.25) is 0 Å². The van der Waals surface area contributed by atoms with Crippen LogP contribution in [0.15, 0.2) is 30.7 Å². The molecule has 0 saturated carbocycles. The Morgan fingerprint density at radius 3 is 2.95 bits per heavy atom. The minimum Gasteiger partial charge on any atom is -0.496 e. The molecule has 0 aliphatic rings. The van der Waals surface area contributed by atoms with Gasteiger partial charge in [0.05, 0.1) is 31.6 Å². The smallest absolute Gasteiger partial charge is 0.356 e. The number of imidazole rings is 1. The summed E-state index contributed by atoms with van der Waals surface area (Å²) in [5.41, 5.74) is 1.29. The van der Waals surface area contributed by atoms with E-state index in [2.05, 4.69) is 11.1 Å². The van der Waals surface area contributed by atoms with E-state index in [4.69, 9.17) is 15.1 Å². The number of hydrogen-bond donors (Lipinski definition) is 1. The van der Waals surface area contributed by atoms with Crippen molar-refractivity contribution in [3.05, 3.63) is 47.5 Å². The van der Waals surface area contributed by atoms with Crippen LogP contribution in [0.5, 0.6) is 5.75 Å². The van der Waals surface area contributed by atoms with Gasteiger partial charge in [-0.25, -0.2) is 9.78 Å². The number of nitriles is 1. The topological polar surface area (TPSA) is 88.1 Å². The standard InChI is InChI=1S/C13H11N3O3/c1-19-12-3-2-9(5-14)4-10(12)6-16-7-11(13(17)18)15-8-16/h2-4,7-8H,6H2,1H3,(H,17,18). The number of hydrogen-bond acceptors (Lipinski definition) is 4. The van der Waals surface area contributed by atoms with E-state index in [1.165, 1.54) is 12.5 Å². The average Bonchev–Trinajstić information content (AvgIpc) is 2.87. The monoisotopic (exact) mass is 257 g/mol. The molecule has 0 bridgehead atoms. The fraction of sp³-hybridized carbons (Fsp3) is 0.154. The van der Waals surface area contributed by atoms with Crippen molar-refractivity contribution in [3.8, 4) is 11.8 Å². The molecule has 2 aromatic rings. The molecule has 0 atom stereocenters. The lowest BCUT2D eigenvalue weighted by molar-refractivity contribution is 0.0691. The first kappa shape index (κ1) is 12.6. The molecule has 6 nitrogen and oxygen atoms in total. The number of carbonyl (C=O) groups is 1. The molecule has 2 rings (SSSR count). The Labute approximate surface area is 109 Å². The van der Waals surface area contributed by atoms with Gasteiger partial charge in [-0.15, -0.1) is 0 Å². The van der Waals surface area contributed by atoms with E-state index in [1.807, 2.05) is 0 Å². The van der Waals surface area contributed by atoms with Crippen molar-refractivity contribution in [2.24, 2.45) is 0 Å². The summed E-state index contributed by atoms with van der Waals surface area (Å²) in [5.74, 6) is -0.430. The Hall–Kier alpha value is -2.81. The summed E-state index contributed by atoms with van der Waals surface area (Å²) in [7, 11) is 1.54. The molecule has 0 unspecified atom stereocenters. The van der Waals surface area contributed by atoms with Gasteiger partial charge in [0.2, 0.25) is 0 Å². The highest BCUT2D eigenvalue weighted by Gasteiger charge is 2.09. The number of carboxylic acids is 1. The van der Waals surface area contributed by atoms with Gasteiger partial charge in [0.15, 0.2) is 5.69 Å². The Morgan fingerprint density at radius 1 is 1.58 bits per heavy atom. The summed E-state index contributed by atoms with van der Waals surface area (Å²) in [6.45, 7) is 0.388. The minimum absolute atomic E-state index is 0.0181. The summed E-state index contributed by atoms with van der Waals surface area (Å²) in [6, 6.07) is 7.14. The molecule has 1 heterocycles. The highest BCUT2D eigenvalue weighted by molar-refractivity contribution is 5.84. The molecule has 0 saturated heterocycles. The lowest BCUT2D eigenvalue weighted by Gasteiger charge is -2.09. The van der Waals surface area contributed by atoms with Crippen LogP contribution in [0.2, 0.25) is 0 Å². The Morgan fingerprint density at radius 2 is 2.37 bits per heavy atom. The number of carboxylic acid groups (broad SMARTS) is 1. The first-order valence-corrected chi connectivity index (χ1v) is 5.46. The van der Waals surface area contributed by atoms with Crippen LogP contribution >= 0.6 is 0 Å². The molecule has 6 heteroatoms. The Kier molecular flexibility index (Phi) is 3.48. The van der Waals surface area contributed by atoms with Crippen molar-refractivity contribution in [2.45, 2.75) is 6.54 Å². The van der Waals surface area contributed by atoms with Crippen molar-refractivity contribution < 1.29 is 14.6 Å². The second kappa shape index (κ2) is 5.23. The first-order valence-electron chi connectivity index (χ1n) is 5.46. The molecule has 1 N–H and O–H groups in total. The molecule has 0 radical (unpaired) electrons. The van der Waals surface area contributed by atoms with Gasteiger partial charge in [0.25, 0.3) is 0 Å². The van der Waals surface area contributed by atoms with Gasteiger partial charge >= 0.3 is 5.97 Å². The maximum Gasteiger partial charge on any atom is 0.356 e. The van der Waals surface area contributed by atoms with E-state index < -0.39 is 5.97 Å². The van der Waals surface area contributed by atoms with Crippen LogP contribution in [0.25, 0.3) is 0 Å². The zero-order valence-electron chi connectivity index (χ0n) is 10.2. The number of methoxy groups -OCH3 is 1. The van der Waals surface area contributed by atoms with Crippen molar-refractivity contribution in [3.63, 3.8) is 0 Å². The van der Waals surface area contributed by atoms with Crippen molar-refractivity contribution in [1.29, 1.82) is 5.26 Å². The van der Waals surface area contributed by atoms with Gasteiger partial charge in [-0.2, -0.15) is 5.26 Å². The van der Waals surface area contributed by atoms with Gasteiger partial charge in [-0.1, -0.05) is 0 Å². The molecule has 1 aromatic carbocycles. The fourth-order valence-electron chi connectivity index (χ4n) is 1.73. The summed E-state index contributed by atoms with van der Waals surface area (Å²) in [5, 5.41) is 17.7. The van der Waals surface area contributed by atoms with Crippen molar-refractivity contribution in [2.75, 3.05) is 7.11 Å². The van der Waals surface area contributed by atoms with Crippen LogP contribution in [-0.4, -0.2) is 27.7 Å². The largest absolute Gasteiger partial charge is 0.496 e. The summed E-state index contributed by atoms with van der Waals surface area (Å²) in [6.07, 6.45) is 2.86. The zero-order valence-corrected chi connectivity index (χ0v) is 10.2. The molecule has 0 fully saturated rings. The molecule has 19 heavy (non-hydrogen) atoms. The molecule has 1 aromatic heterocycles. The molecule has 0 amide bonds. The second-order valence-corrected chi connectivity index (χ2v) is 3.87. The van der Waals surface area contributed by atoms with Crippen LogP contribution in [0.4, 0.5) is 0 Å². The SMILES string of the molecule is COc1ccc(C#N)cc1Cn1cnc(C(=O)O)c1. The number of nitrogens with zero attached hydrogens (tertiary/aromatic N) is 3. The number of benzene rings is 1. The number of rotatable bonds is 4. The van der Waals surface area contributed by atoms with Crippen molar-refractivity contribution >= 4 is 5.97 Å². The molecule has 96 valence electrons. The highest BCUT2D eigenvalue weighted by Crippen LogP contribution is 2.20. The number of aromatic nitrogens is 2. The minimum atomic E-state index is -1.07. The predicted molar refractivity (Wildman–Crippen MR) is 66.0 cm³/mol. The Balaban J connectivity index is 2.31. The van der Waals surface area contributed by atoms with Crippen LogP contribution in [0, 0.1) is 11.3 Å². The maximum absolute atomic E-state index is 10.7. The third-order valence-corrected chi connectivity index (χ3v) is 2.61. The third-order valence-electron chi connectivity index (χ3n) is 2.61. The zero-order chi connectivity index (χ0) is 13.8. The van der Waals surface area contributed by atoms with Gasteiger partial charge < -0.3 is 14.4 Å². The molecular formula is C13H11N3O3. The quantitative estimate of drug-likeness (QED) is 0.896. The molecule has 0 spiro atoms. The fourth-order valence-corrected chi connectivity index (χ4v) is 1.73. The van der Waals surface area contributed by atoms with E-state index in [0.717, 1.165) is 5.56 Å². The molecular weight excluding hydrogens is 246 g/mol. The highest BCUT2D eigenvalue weighted by atomic mass is 16.5. The van der Waals surface area contributed by atoms with Gasteiger partial charge in [-0.05, 0) is 18.2 Å². The predicted octanol–water partition coefficient (Wildman–Crippen LogP) is 1.51. The Bertz CT molecular complexity index is 655. The number of aromatic carboxylic acids is 1. The van der Waals surface area contributed by atoms with E-state index in [1.54, 1.807) is 29.9 Å². The lowest BCUT2D eigenvalue weighted by atomic mass is 10.1. The first-order chi connectivity index (χ1) is 9.13. The third kappa shape index (κ3) is 2.72. The summed E-state index contributed by atoms with van der Waals surface area (Å²) >= 11 is 0. The van der Waals surface area contributed by atoms with E-state index in [0.29, 0.717) is 17.9 Å². The summed E-state index contributed by atoms with van der Waals surface area (Å²) < 4.78 is 6.84. The maximum atomic E-state index is 10.7. The second-order valence-electron chi connectivity index (χ2n) is 3.87. The van der Waals surface area contributed by atoms with E-state index >= 15 is 0 Å². The average molecular weight is 257 g/mol. The van der Waals surface area contributed by atoms with Crippen molar-refractivity contribution in [1.82, 2.24) is 9.55 Å². The molecule has 0 aliphatic heterocycles. The van der Waals surface area contributed by atoms with E-state index in [-0.39, 0.29) is 5.69 Å². The summed E-state index contributed by atoms with van der Waals surface area (Å²) in [4.78, 5) is 14.5. The lowest BCUT2D eigenvalue weighted by Crippen LogP contribution is -2.01. The van der Waals surface area contributed by atoms with Gasteiger partial charge in [0, 0.05) is 11.8 Å². The van der Waals surface area contributed by atoms with Crippen LogP contribution in [-0.2, 0) is 6.54 Å². The normalized spacial score (nSPS) is 9.89. The number of ether oxygens (including phenoxy) is 1. The van der Waals surface area contributed by atoms with Gasteiger partial charge in [0.1, 0.15) is 5.75 Å². The van der Waals surface area contributed by atoms with E-state index in [9.17, 15) is 4.79 Å². The van der Waals surface area contributed by atoms with Crippen LogP contribution < -0.4 is 4.74 Å². The van der Waals surface area contributed by atoms with Crippen LogP contribution in [0.3, 0.4) is 0 Å². The van der Waals surface area contributed by atoms with Crippen LogP contribution in [0.1, 0.15) is 21.6 Å².